The number of benzene rings is 3. The zero-order valence-electron chi connectivity index (χ0n) is 24.5. The molecule has 3 aromatic carbocycles. The molecule has 4 heteroatoms. The summed E-state index contributed by atoms with van der Waals surface area (Å²) in [7, 11) is -3.57. The molecule has 1 fully saturated rings. The highest BCUT2D eigenvalue weighted by molar-refractivity contribution is 7.89. The lowest BCUT2D eigenvalue weighted by molar-refractivity contribution is 0.393. The molecule has 2 aliphatic rings. The predicted molar refractivity (Wildman–Crippen MR) is 167 cm³/mol. The Morgan fingerprint density at radius 2 is 1.32 bits per heavy atom. The van der Waals surface area contributed by atoms with Crippen molar-refractivity contribution in [2.45, 2.75) is 95.4 Å². The lowest BCUT2D eigenvalue weighted by atomic mass is 9.80. The van der Waals surface area contributed by atoms with Crippen LogP contribution in [0.2, 0.25) is 0 Å². The molecule has 3 aromatic rings. The Bertz CT molecular complexity index is 1390. The molecule has 0 bridgehead atoms. The van der Waals surface area contributed by atoms with Crippen LogP contribution in [0.1, 0.15) is 92.5 Å². The molecule has 5 rings (SSSR count). The van der Waals surface area contributed by atoms with Crippen LogP contribution in [0.5, 0.6) is 0 Å². The molecule has 0 amide bonds. The van der Waals surface area contributed by atoms with Gasteiger partial charge in [0.15, 0.2) is 0 Å². The van der Waals surface area contributed by atoms with Gasteiger partial charge in [-0.2, -0.15) is 4.31 Å². The van der Waals surface area contributed by atoms with E-state index in [1.807, 2.05) is 19.1 Å². The zero-order chi connectivity index (χ0) is 28.1. The topological polar surface area (TPSA) is 37.4 Å². The standard InChI is InChI=1S/C36H45NO2S/c1-4-6-8-10-28-14-18-30(19-15-28)34-26-35-33(36(34)31-20-16-29(17-21-31)11-9-7-5-2)24-25-37(35)40(38,39)32-22-12-27(3)13-23-32/h12-23,26,33,35-36H,4-11,24-25H2,1-3H3/t33-,35-,36+/m0/s1. The normalized spacial score (nSPS) is 21.0. The van der Waals surface area contributed by atoms with Crippen LogP contribution in [0.4, 0.5) is 0 Å². The van der Waals surface area contributed by atoms with E-state index in [1.165, 1.54) is 66.4 Å². The summed E-state index contributed by atoms with van der Waals surface area (Å²) in [5.74, 6) is 0.434. The number of fused-ring (bicyclic) bond motifs is 1. The molecular formula is C36H45NO2S. The van der Waals surface area contributed by atoms with E-state index in [1.54, 1.807) is 16.4 Å². The van der Waals surface area contributed by atoms with Gasteiger partial charge in [0.25, 0.3) is 0 Å². The second-order valence-electron chi connectivity index (χ2n) is 11.8. The molecular weight excluding hydrogens is 510 g/mol. The van der Waals surface area contributed by atoms with Crippen molar-refractivity contribution >= 4 is 15.6 Å². The first kappa shape index (κ1) is 28.8. The third-order valence-electron chi connectivity index (χ3n) is 8.96. The summed E-state index contributed by atoms with van der Waals surface area (Å²) in [6.07, 6.45) is 12.8. The number of nitrogens with zero attached hydrogens (tertiary/aromatic N) is 1. The summed E-state index contributed by atoms with van der Waals surface area (Å²) in [6, 6.07) is 25.4. The molecule has 212 valence electrons. The van der Waals surface area contributed by atoms with Gasteiger partial charge in [0.2, 0.25) is 10.0 Å². The third-order valence-corrected chi connectivity index (χ3v) is 10.9. The van der Waals surface area contributed by atoms with Gasteiger partial charge in [0.05, 0.1) is 4.90 Å². The highest BCUT2D eigenvalue weighted by atomic mass is 32.2. The van der Waals surface area contributed by atoms with E-state index in [0.717, 1.165) is 24.8 Å². The summed E-state index contributed by atoms with van der Waals surface area (Å²) in [5.41, 5.74) is 7.64. The number of hydrogen-bond donors (Lipinski definition) is 0. The van der Waals surface area contributed by atoms with Crippen LogP contribution in [0.25, 0.3) is 5.57 Å². The van der Waals surface area contributed by atoms with Gasteiger partial charge in [-0.15, -0.1) is 0 Å². The number of hydrogen-bond acceptors (Lipinski definition) is 2. The van der Waals surface area contributed by atoms with E-state index in [9.17, 15) is 8.42 Å². The van der Waals surface area contributed by atoms with Crippen LogP contribution in [0.15, 0.2) is 83.8 Å². The Morgan fingerprint density at radius 3 is 1.90 bits per heavy atom. The molecule has 3 nitrogen and oxygen atoms in total. The maximum Gasteiger partial charge on any atom is 0.243 e. The van der Waals surface area contributed by atoms with Crippen molar-refractivity contribution in [2.24, 2.45) is 5.92 Å². The lowest BCUT2D eigenvalue weighted by Crippen LogP contribution is -2.35. The van der Waals surface area contributed by atoms with Gasteiger partial charge in [0, 0.05) is 18.5 Å². The highest BCUT2D eigenvalue weighted by Crippen LogP contribution is 2.52. The van der Waals surface area contributed by atoms with Crippen molar-refractivity contribution in [1.29, 1.82) is 0 Å². The Balaban J connectivity index is 1.46. The van der Waals surface area contributed by atoms with Crippen molar-refractivity contribution in [3.63, 3.8) is 0 Å². The Kier molecular flexibility index (Phi) is 9.27. The third kappa shape index (κ3) is 6.14. The minimum absolute atomic E-state index is 0.125. The minimum atomic E-state index is -3.57. The molecule has 0 unspecified atom stereocenters. The smallest absolute Gasteiger partial charge is 0.207 e. The van der Waals surface area contributed by atoms with Gasteiger partial charge in [-0.1, -0.05) is 112 Å². The molecule has 40 heavy (non-hydrogen) atoms. The maximum atomic E-state index is 13.8. The van der Waals surface area contributed by atoms with Crippen LogP contribution in [-0.2, 0) is 22.9 Å². The highest BCUT2D eigenvalue weighted by Gasteiger charge is 2.49. The minimum Gasteiger partial charge on any atom is -0.207 e. The van der Waals surface area contributed by atoms with Crippen molar-refractivity contribution in [3.8, 4) is 0 Å². The van der Waals surface area contributed by atoms with Gasteiger partial charge in [-0.3, -0.25) is 0 Å². The summed E-state index contributed by atoms with van der Waals surface area (Å²) in [6.45, 7) is 7.04. The first-order valence-corrected chi connectivity index (χ1v) is 16.8. The number of unbranched alkanes of at least 4 members (excludes halogenated alkanes) is 4. The van der Waals surface area contributed by atoms with Crippen molar-refractivity contribution in [1.82, 2.24) is 4.31 Å². The Hall–Kier alpha value is -2.69. The van der Waals surface area contributed by atoms with E-state index in [4.69, 9.17) is 0 Å². The average molecular weight is 556 g/mol. The van der Waals surface area contributed by atoms with Gasteiger partial charge in [0.1, 0.15) is 0 Å². The molecule has 3 atom stereocenters. The fourth-order valence-electron chi connectivity index (χ4n) is 6.64. The van der Waals surface area contributed by atoms with E-state index >= 15 is 0 Å². The predicted octanol–water partition coefficient (Wildman–Crippen LogP) is 8.72. The second-order valence-corrected chi connectivity index (χ2v) is 13.7. The van der Waals surface area contributed by atoms with Crippen LogP contribution in [-0.4, -0.2) is 25.3 Å². The number of rotatable bonds is 12. The SMILES string of the molecule is CCCCCc1ccc(C2=C[C@H]3[C@H](CCN3S(=O)(=O)c3ccc(C)cc3)[C@H]2c2ccc(CCCCC)cc2)cc1. The largest absolute Gasteiger partial charge is 0.243 e. The van der Waals surface area contributed by atoms with E-state index in [-0.39, 0.29) is 17.9 Å². The van der Waals surface area contributed by atoms with Crippen molar-refractivity contribution in [3.05, 3.63) is 107 Å². The summed E-state index contributed by atoms with van der Waals surface area (Å²) in [4.78, 5) is 0.394. The number of aryl methyl sites for hydroxylation is 3. The van der Waals surface area contributed by atoms with Gasteiger partial charge in [-0.05, 0) is 84.9 Å². The Labute approximate surface area is 242 Å². The molecule has 1 heterocycles. The van der Waals surface area contributed by atoms with Crippen LogP contribution in [0.3, 0.4) is 0 Å². The molecule has 1 aliphatic carbocycles. The summed E-state index contributed by atoms with van der Waals surface area (Å²) in [5, 5.41) is 0. The Morgan fingerprint density at radius 1 is 0.750 bits per heavy atom. The molecule has 1 aliphatic heterocycles. The van der Waals surface area contributed by atoms with Crippen molar-refractivity contribution < 1.29 is 8.42 Å². The lowest BCUT2D eigenvalue weighted by Gasteiger charge is -2.25. The fourth-order valence-corrected chi connectivity index (χ4v) is 8.28. The number of allylic oxidation sites excluding steroid dienone is 1. The first-order valence-electron chi connectivity index (χ1n) is 15.4. The molecule has 0 radical (unpaired) electrons. The van der Waals surface area contributed by atoms with Crippen molar-refractivity contribution in [2.75, 3.05) is 6.54 Å². The molecule has 0 spiro atoms. The quantitative estimate of drug-likeness (QED) is 0.210. The second kappa shape index (κ2) is 12.9. The van der Waals surface area contributed by atoms with Crippen LogP contribution >= 0.6 is 0 Å². The van der Waals surface area contributed by atoms with Crippen LogP contribution in [0, 0.1) is 12.8 Å². The molecule has 0 N–H and O–H groups in total. The molecule has 0 saturated carbocycles. The average Bonchev–Trinajstić information content (AvgIpc) is 3.54. The van der Waals surface area contributed by atoms with Gasteiger partial charge in [-0.25, -0.2) is 8.42 Å². The van der Waals surface area contributed by atoms with E-state index < -0.39 is 10.0 Å². The summed E-state index contributed by atoms with van der Waals surface area (Å²) >= 11 is 0. The van der Waals surface area contributed by atoms with E-state index in [0.29, 0.717) is 11.4 Å². The molecule has 1 saturated heterocycles. The van der Waals surface area contributed by atoms with Gasteiger partial charge >= 0.3 is 0 Å². The monoisotopic (exact) mass is 555 g/mol. The zero-order valence-corrected chi connectivity index (χ0v) is 25.3. The molecule has 0 aromatic heterocycles. The van der Waals surface area contributed by atoms with Crippen LogP contribution < -0.4 is 0 Å². The first-order chi connectivity index (χ1) is 19.4. The number of sulfonamides is 1. The summed E-state index contributed by atoms with van der Waals surface area (Å²) < 4.78 is 29.4. The van der Waals surface area contributed by atoms with Gasteiger partial charge < -0.3 is 0 Å². The maximum absolute atomic E-state index is 13.8. The van der Waals surface area contributed by atoms with E-state index in [2.05, 4.69) is 68.5 Å². The fraction of sp³-hybridized carbons (Fsp3) is 0.444.